The lowest BCUT2D eigenvalue weighted by molar-refractivity contribution is -0.143. The van der Waals surface area contributed by atoms with Gasteiger partial charge in [-0.1, -0.05) is 30.3 Å². The minimum atomic E-state index is -4.42. The summed E-state index contributed by atoms with van der Waals surface area (Å²) in [6.07, 6.45) is -4.97. The topological polar surface area (TPSA) is 69.0 Å². The number of aromatic nitrogens is 3. The van der Waals surface area contributed by atoms with Crippen LogP contribution in [0, 0.1) is 0 Å². The number of benzene rings is 1. The molecule has 1 aromatic carbocycles. The van der Waals surface area contributed by atoms with Crippen molar-refractivity contribution < 1.29 is 22.7 Å². The molecule has 1 amide bonds. The molecule has 1 heterocycles. The van der Waals surface area contributed by atoms with E-state index in [1.165, 1.54) is 0 Å². The highest BCUT2D eigenvalue weighted by Crippen LogP contribution is 2.21. The van der Waals surface area contributed by atoms with Gasteiger partial charge in [-0.2, -0.15) is 18.3 Å². The summed E-state index contributed by atoms with van der Waals surface area (Å²) >= 11 is 0. The Morgan fingerprint density at radius 2 is 1.85 bits per heavy atom. The smallest absolute Gasteiger partial charge is 0.408 e. The number of amides is 1. The number of hydrogen-bond donors (Lipinski definition) is 1. The molecule has 0 fully saturated rings. The number of ether oxygens (including phenoxy) is 1. The van der Waals surface area contributed by atoms with Crippen molar-refractivity contribution in [2.45, 2.75) is 45.5 Å². The number of rotatable bonds is 5. The van der Waals surface area contributed by atoms with Crippen LogP contribution in [0.1, 0.15) is 26.6 Å². The fourth-order valence-electron chi connectivity index (χ4n) is 2.16. The van der Waals surface area contributed by atoms with E-state index >= 15 is 0 Å². The first kappa shape index (κ1) is 19.7. The van der Waals surface area contributed by atoms with Crippen LogP contribution in [0.3, 0.4) is 0 Å². The third-order valence-corrected chi connectivity index (χ3v) is 3.13. The molecule has 0 radical (unpaired) electrons. The summed E-state index contributed by atoms with van der Waals surface area (Å²) in [4.78, 5) is 15.8. The molecule has 0 atom stereocenters. The molecule has 2 rings (SSSR count). The molecule has 0 unspecified atom stereocenters. The molecule has 0 bridgehead atoms. The lowest BCUT2D eigenvalue weighted by atomic mass is 10.2. The van der Waals surface area contributed by atoms with E-state index in [0.29, 0.717) is 5.56 Å². The van der Waals surface area contributed by atoms with Crippen molar-refractivity contribution in [1.29, 1.82) is 0 Å². The summed E-state index contributed by atoms with van der Waals surface area (Å²) < 4.78 is 44.3. The maximum atomic E-state index is 12.8. The first-order valence-electron chi connectivity index (χ1n) is 8.06. The lowest BCUT2D eigenvalue weighted by Gasteiger charge is -2.19. The van der Waals surface area contributed by atoms with Gasteiger partial charge in [0.1, 0.15) is 18.0 Å². The minimum Gasteiger partial charge on any atom is -0.444 e. The summed E-state index contributed by atoms with van der Waals surface area (Å²) in [6, 6.07) is 8.74. The van der Waals surface area contributed by atoms with Gasteiger partial charge in [0.25, 0.3) is 0 Å². The average molecular weight is 370 g/mol. The van der Waals surface area contributed by atoms with Crippen LogP contribution in [0.4, 0.5) is 18.0 Å². The molecular weight excluding hydrogens is 349 g/mol. The van der Waals surface area contributed by atoms with E-state index in [4.69, 9.17) is 4.74 Å². The third-order valence-electron chi connectivity index (χ3n) is 3.13. The van der Waals surface area contributed by atoms with Crippen LogP contribution in [0.2, 0.25) is 0 Å². The number of nitrogens with zero attached hydrogens (tertiary/aromatic N) is 3. The number of alkyl carbamates (subject to hydrolysis) is 1. The van der Waals surface area contributed by atoms with E-state index in [1.54, 1.807) is 51.1 Å². The van der Waals surface area contributed by atoms with E-state index in [0.717, 1.165) is 4.68 Å². The summed E-state index contributed by atoms with van der Waals surface area (Å²) in [6.45, 7) is 4.00. The Morgan fingerprint density at radius 3 is 2.42 bits per heavy atom. The monoisotopic (exact) mass is 370 g/mol. The SMILES string of the molecule is CC(C)(C)OC(=O)NCCc1nc(-c2ccccc2)nn1CC(F)(F)F. The molecule has 2 aromatic rings. The van der Waals surface area contributed by atoms with Crippen LogP contribution in [-0.2, 0) is 17.7 Å². The Bertz CT molecular complexity index is 737. The first-order chi connectivity index (χ1) is 12.0. The molecule has 0 aliphatic heterocycles. The van der Waals surface area contributed by atoms with Gasteiger partial charge in [-0.15, -0.1) is 0 Å². The molecule has 9 heteroatoms. The van der Waals surface area contributed by atoms with Crippen molar-refractivity contribution in [3.05, 3.63) is 36.2 Å². The van der Waals surface area contributed by atoms with Gasteiger partial charge in [-0.25, -0.2) is 14.5 Å². The van der Waals surface area contributed by atoms with Gasteiger partial charge in [-0.3, -0.25) is 0 Å². The van der Waals surface area contributed by atoms with Crippen LogP contribution in [0.25, 0.3) is 11.4 Å². The van der Waals surface area contributed by atoms with Crippen molar-refractivity contribution >= 4 is 6.09 Å². The quantitative estimate of drug-likeness (QED) is 0.874. The van der Waals surface area contributed by atoms with Crippen LogP contribution >= 0.6 is 0 Å². The van der Waals surface area contributed by atoms with E-state index < -0.39 is 24.4 Å². The second-order valence-corrected chi connectivity index (χ2v) is 6.67. The highest BCUT2D eigenvalue weighted by atomic mass is 19.4. The van der Waals surface area contributed by atoms with Crippen molar-refractivity contribution in [2.75, 3.05) is 6.54 Å². The minimum absolute atomic E-state index is 0.0830. The standard InChI is InChI=1S/C17H21F3N4O2/c1-16(2,3)26-15(25)21-10-9-13-22-14(12-7-5-4-6-8-12)23-24(13)11-17(18,19)20/h4-8H,9-11H2,1-3H3,(H,21,25). The van der Waals surface area contributed by atoms with Crippen molar-refractivity contribution in [3.8, 4) is 11.4 Å². The summed E-state index contributed by atoms with van der Waals surface area (Å²) in [5.74, 6) is 0.347. The predicted molar refractivity (Wildman–Crippen MR) is 89.5 cm³/mol. The molecule has 142 valence electrons. The van der Waals surface area contributed by atoms with Crippen LogP contribution in [-0.4, -0.2) is 39.2 Å². The lowest BCUT2D eigenvalue weighted by Crippen LogP contribution is -2.34. The molecule has 26 heavy (non-hydrogen) atoms. The van der Waals surface area contributed by atoms with Gasteiger partial charge < -0.3 is 10.1 Å². The van der Waals surface area contributed by atoms with Gasteiger partial charge >= 0.3 is 12.3 Å². The fraction of sp³-hybridized carbons (Fsp3) is 0.471. The van der Waals surface area contributed by atoms with E-state index in [1.807, 2.05) is 0 Å². The number of halogens is 3. The van der Waals surface area contributed by atoms with Gasteiger partial charge in [0.15, 0.2) is 5.82 Å². The van der Waals surface area contributed by atoms with Gasteiger partial charge in [-0.05, 0) is 20.8 Å². The third kappa shape index (κ3) is 6.38. The molecule has 1 N–H and O–H groups in total. The highest BCUT2D eigenvalue weighted by molar-refractivity contribution is 5.67. The van der Waals surface area contributed by atoms with Crippen molar-refractivity contribution in [1.82, 2.24) is 20.1 Å². The second-order valence-electron chi connectivity index (χ2n) is 6.67. The molecule has 6 nitrogen and oxygen atoms in total. The van der Waals surface area contributed by atoms with Crippen LogP contribution < -0.4 is 5.32 Å². The fourth-order valence-corrected chi connectivity index (χ4v) is 2.16. The molecular formula is C17H21F3N4O2. The maximum Gasteiger partial charge on any atom is 0.408 e. The van der Waals surface area contributed by atoms with Crippen molar-refractivity contribution in [3.63, 3.8) is 0 Å². The molecule has 1 aromatic heterocycles. The van der Waals surface area contributed by atoms with E-state index in [9.17, 15) is 18.0 Å². The van der Waals surface area contributed by atoms with Crippen LogP contribution in [0.15, 0.2) is 30.3 Å². The highest BCUT2D eigenvalue weighted by Gasteiger charge is 2.30. The number of hydrogen-bond acceptors (Lipinski definition) is 4. The maximum absolute atomic E-state index is 12.8. The Labute approximate surface area is 149 Å². The molecule has 0 spiro atoms. The average Bonchev–Trinajstić information content (AvgIpc) is 2.87. The Hall–Kier alpha value is -2.58. The first-order valence-corrected chi connectivity index (χ1v) is 8.06. The molecule has 0 saturated carbocycles. The number of alkyl halides is 3. The zero-order valence-electron chi connectivity index (χ0n) is 14.8. The van der Waals surface area contributed by atoms with Crippen LogP contribution in [0.5, 0.6) is 0 Å². The summed E-state index contributed by atoms with van der Waals surface area (Å²) in [7, 11) is 0. The zero-order chi connectivity index (χ0) is 19.4. The van der Waals surface area contributed by atoms with E-state index in [2.05, 4.69) is 15.4 Å². The number of carbonyl (C=O) groups excluding carboxylic acids is 1. The summed E-state index contributed by atoms with van der Waals surface area (Å²) in [5, 5.41) is 6.47. The molecule has 0 saturated heterocycles. The van der Waals surface area contributed by atoms with E-state index in [-0.39, 0.29) is 24.6 Å². The Balaban J connectivity index is 2.10. The number of carbonyl (C=O) groups is 1. The van der Waals surface area contributed by atoms with Gasteiger partial charge in [0.2, 0.25) is 0 Å². The Kier molecular flexibility index (Phi) is 5.89. The van der Waals surface area contributed by atoms with Gasteiger partial charge in [0, 0.05) is 18.5 Å². The number of nitrogens with one attached hydrogen (secondary N) is 1. The zero-order valence-corrected chi connectivity index (χ0v) is 14.8. The summed E-state index contributed by atoms with van der Waals surface area (Å²) in [5.41, 5.74) is -0.0318. The normalized spacial score (nSPS) is 12.1. The van der Waals surface area contributed by atoms with Crippen molar-refractivity contribution in [2.24, 2.45) is 0 Å². The second kappa shape index (κ2) is 7.76. The molecule has 0 aliphatic rings. The predicted octanol–water partition coefficient (Wildman–Crippen LogP) is 3.57. The largest absolute Gasteiger partial charge is 0.444 e. The molecule has 0 aliphatic carbocycles. The Morgan fingerprint density at radius 1 is 1.19 bits per heavy atom. The van der Waals surface area contributed by atoms with Gasteiger partial charge in [0.05, 0.1) is 0 Å².